The molecule has 0 aromatic heterocycles. The van der Waals surface area contributed by atoms with E-state index in [0.29, 0.717) is 23.6 Å². The molecule has 16 heavy (non-hydrogen) atoms. The van der Waals surface area contributed by atoms with Gasteiger partial charge in [-0.3, -0.25) is 0 Å². The standard InChI is InChI=1S/C11H15BrFNO2/c1-6(5-14)7-4-8(15-2)11(16-3)9(12)10(7)13/h4,6H,5,14H2,1-3H3. The summed E-state index contributed by atoms with van der Waals surface area (Å²) >= 11 is 3.16. The number of hydrogen-bond acceptors (Lipinski definition) is 3. The van der Waals surface area contributed by atoms with Crippen LogP contribution in [0.25, 0.3) is 0 Å². The number of methoxy groups -OCH3 is 2. The Morgan fingerprint density at radius 2 is 2.06 bits per heavy atom. The zero-order valence-electron chi connectivity index (χ0n) is 9.51. The Hall–Kier alpha value is -0.810. The van der Waals surface area contributed by atoms with Crippen LogP contribution in [0.2, 0.25) is 0 Å². The van der Waals surface area contributed by atoms with Crippen molar-refractivity contribution in [3.8, 4) is 11.5 Å². The highest BCUT2D eigenvalue weighted by Gasteiger charge is 2.20. The van der Waals surface area contributed by atoms with Gasteiger partial charge in [-0.25, -0.2) is 4.39 Å². The number of hydrogen-bond donors (Lipinski definition) is 1. The lowest BCUT2D eigenvalue weighted by atomic mass is 10.00. The summed E-state index contributed by atoms with van der Waals surface area (Å²) < 4.78 is 24.5. The maximum absolute atomic E-state index is 14.0. The Labute approximate surface area is 103 Å². The Kier molecular flexibility index (Phi) is 4.56. The van der Waals surface area contributed by atoms with Gasteiger partial charge in [-0.2, -0.15) is 0 Å². The molecule has 2 N–H and O–H groups in total. The highest BCUT2D eigenvalue weighted by atomic mass is 79.9. The van der Waals surface area contributed by atoms with Crippen LogP contribution in [0, 0.1) is 5.82 Å². The topological polar surface area (TPSA) is 44.5 Å². The predicted molar refractivity (Wildman–Crippen MR) is 64.7 cm³/mol. The van der Waals surface area contributed by atoms with Crippen LogP contribution >= 0.6 is 15.9 Å². The van der Waals surface area contributed by atoms with Crippen molar-refractivity contribution < 1.29 is 13.9 Å². The first kappa shape index (κ1) is 13.3. The van der Waals surface area contributed by atoms with Gasteiger partial charge in [-0.1, -0.05) is 6.92 Å². The van der Waals surface area contributed by atoms with E-state index >= 15 is 0 Å². The molecule has 90 valence electrons. The molecule has 1 unspecified atom stereocenters. The summed E-state index contributed by atoms with van der Waals surface area (Å²) in [5.74, 6) is 0.422. The minimum absolute atomic E-state index is 0.0730. The largest absolute Gasteiger partial charge is 0.493 e. The maximum Gasteiger partial charge on any atom is 0.177 e. The lowest BCUT2D eigenvalue weighted by Crippen LogP contribution is -2.11. The third-order valence-electron chi connectivity index (χ3n) is 2.46. The summed E-state index contributed by atoms with van der Waals surface area (Å²) in [6.07, 6.45) is 0. The monoisotopic (exact) mass is 291 g/mol. The molecular formula is C11H15BrFNO2. The molecule has 0 spiro atoms. The van der Waals surface area contributed by atoms with Crippen molar-refractivity contribution in [1.29, 1.82) is 0 Å². The maximum atomic E-state index is 14.0. The molecule has 1 atom stereocenters. The van der Waals surface area contributed by atoms with Crippen molar-refractivity contribution in [2.24, 2.45) is 5.73 Å². The summed E-state index contributed by atoms with van der Waals surface area (Å²) in [5, 5.41) is 0. The quantitative estimate of drug-likeness (QED) is 0.928. The van der Waals surface area contributed by atoms with Crippen molar-refractivity contribution in [2.45, 2.75) is 12.8 Å². The Morgan fingerprint density at radius 3 is 2.50 bits per heavy atom. The highest BCUT2D eigenvalue weighted by molar-refractivity contribution is 9.10. The van der Waals surface area contributed by atoms with E-state index in [4.69, 9.17) is 15.2 Å². The summed E-state index contributed by atoms with van der Waals surface area (Å²) in [4.78, 5) is 0. The first-order valence-corrected chi connectivity index (χ1v) is 5.66. The van der Waals surface area contributed by atoms with Crippen LogP contribution in [-0.4, -0.2) is 20.8 Å². The molecule has 0 aliphatic rings. The molecule has 3 nitrogen and oxygen atoms in total. The second kappa shape index (κ2) is 5.50. The van der Waals surface area contributed by atoms with Crippen LogP contribution < -0.4 is 15.2 Å². The molecule has 1 rings (SSSR count). The summed E-state index contributed by atoms with van der Waals surface area (Å²) in [5.41, 5.74) is 6.05. The third kappa shape index (κ3) is 2.30. The molecule has 0 aliphatic heterocycles. The van der Waals surface area contributed by atoms with Crippen LogP contribution in [0.15, 0.2) is 10.5 Å². The number of benzene rings is 1. The van der Waals surface area contributed by atoms with E-state index in [-0.39, 0.29) is 16.2 Å². The number of ether oxygens (including phenoxy) is 2. The molecule has 0 bridgehead atoms. The van der Waals surface area contributed by atoms with Gasteiger partial charge in [0.2, 0.25) is 0 Å². The first-order valence-electron chi connectivity index (χ1n) is 4.86. The lowest BCUT2D eigenvalue weighted by molar-refractivity contribution is 0.348. The zero-order chi connectivity index (χ0) is 12.3. The van der Waals surface area contributed by atoms with E-state index < -0.39 is 0 Å². The van der Waals surface area contributed by atoms with Crippen LogP contribution in [0.1, 0.15) is 18.4 Å². The van der Waals surface area contributed by atoms with E-state index in [1.807, 2.05) is 6.92 Å². The molecule has 0 heterocycles. The van der Waals surface area contributed by atoms with Crippen LogP contribution in [0.3, 0.4) is 0 Å². The Balaban J connectivity index is 3.38. The van der Waals surface area contributed by atoms with Gasteiger partial charge in [-0.15, -0.1) is 0 Å². The van der Waals surface area contributed by atoms with Crippen molar-refractivity contribution >= 4 is 15.9 Å². The minimum Gasteiger partial charge on any atom is -0.493 e. The van der Waals surface area contributed by atoms with Gasteiger partial charge in [0, 0.05) is 0 Å². The van der Waals surface area contributed by atoms with Gasteiger partial charge < -0.3 is 15.2 Å². The van der Waals surface area contributed by atoms with Gasteiger partial charge in [0.05, 0.1) is 18.7 Å². The Bertz CT molecular complexity index is 385. The fraction of sp³-hybridized carbons (Fsp3) is 0.455. The van der Waals surface area contributed by atoms with Crippen LogP contribution in [0.5, 0.6) is 11.5 Å². The van der Waals surface area contributed by atoms with E-state index in [0.717, 1.165) is 0 Å². The fourth-order valence-electron chi connectivity index (χ4n) is 1.43. The number of nitrogens with two attached hydrogens (primary N) is 1. The number of rotatable bonds is 4. The molecule has 0 radical (unpaired) electrons. The van der Waals surface area contributed by atoms with Gasteiger partial charge in [0.25, 0.3) is 0 Å². The first-order chi connectivity index (χ1) is 7.56. The molecule has 0 fully saturated rings. The summed E-state index contributed by atoms with van der Waals surface area (Å²) in [7, 11) is 2.98. The van der Waals surface area contributed by atoms with E-state index in [1.165, 1.54) is 14.2 Å². The van der Waals surface area contributed by atoms with Crippen molar-refractivity contribution in [1.82, 2.24) is 0 Å². The smallest absolute Gasteiger partial charge is 0.177 e. The molecule has 0 amide bonds. The zero-order valence-corrected chi connectivity index (χ0v) is 11.1. The Morgan fingerprint density at radius 1 is 1.44 bits per heavy atom. The third-order valence-corrected chi connectivity index (χ3v) is 3.17. The average Bonchev–Trinajstić information content (AvgIpc) is 2.31. The minimum atomic E-state index is -0.351. The molecule has 1 aromatic rings. The summed E-state index contributed by atoms with van der Waals surface area (Å²) in [6, 6.07) is 1.62. The molecule has 0 saturated carbocycles. The molecule has 1 aromatic carbocycles. The molecule has 0 aliphatic carbocycles. The van der Waals surface area contributed by atoms with Crippen molar-refractivity contribution in [3.63, 3.8) is 0 Å². The predicted octanol–water partition coefficient (Wildman–Crippen LogP) is 2.67. The fourth-order valence-corrected chi connectivity index (χ4v) is 2.02. The van der Waals surface area contributed by atoms with E-state index in [9.17, 15) is 4.39 Å². The SMILES string of the molecule is COc1cc(C(C)CN)c(F)c(Br)c1OC. The van der Waals surface area contributed by atoms with Crippen LogP contribution in [0.4, 0.5) is 4.39 Å². The summed E-state index contributed by atoms with van der Waals surface area (Å²) in [6.45, 7) is 2.23. The van der Waals surface area contributed by atoms with Crippen molar-refractivity contribution in [2.75, 3.05) is 20.8 Å². The highest BCUT2D eigenvalue weighted by Crippen LogP contribution is 2.40. The van der Waals surface area contributed by atoms with E-state index in [2.05, 4.69) is 15.9 Å². The van der Waals surface area contributed by atoms with Crippen molar-refractivity contribution in [3.05, 3.63) is 21.9 Å². The lowest BCUT2D eigenvalue weighted by Gasteiger charge is -2.16. The van der Waals surface area contributed by atoms with Gasteiger partial charge >= 0.3 is 0 Å². The van der Waals surface area contributed by atoms with Gasteiger partial charge in [-0.05, 0) is 40.0 Å². The molecular weight excluding hydrogens is 277 g/mol. The van der Waals surface area contributed by atoms with E-state index in [1.54, 1.807) is 6.07 Å². The number of halogens is 2. The van der Waals surface area contributed by atoms with Gasteiger partial charge in [0.15, 0.2) is 11.5 Å². The second-order valence-corrected chi connectivity index (χ2v) is 4.26. The molecule has 5 heteroatoms. The second-order valence-electron chi connectivity index (χ2n) is 3.47. The van der Waals surface area contributed by atoms with Gasteiger partial charge in [0.1, 0.15) is 5.82 Å². The average molecular weight is 292 g/mol. The van der Waals surface area contributed by atoms with Crippen LogP contribution in [-0.2, 0) is 0 Å². The molecule has 0 saturated heterocycles. The normalized spacial score (nSPS) is 12.4.